The van der Waals surface area contributed by atoms with E-state index in [0.29, 0.717) is 0 Å². The van der Waals surface area contributed by atoms with Gasteiger partial charge in [-0.25, -0.2) is 0 Å². The molecule has 3 aromatic carbocycles. The molecule has 0 aliphatic carbocycles. The van der Waals surface area contributed by atoms with Crippen LogP contribution in [-0.2, 0) is 0 Å². The number of anilines is 2. The van der Waals surface area contributed by atoms with Crippen LogP contribution in [0.3, 0.4) is 0 Å². The maximum Gasteiger partial charge on any atom is 0.0461 e. The predicted octanol–water partition coefficient (Wildman–Crippen LogP) is 14.5. The third kappa shape index (κ3) is 13.4. The Labute approximate surface area is 330 Å². The highest BCUT2D eigenvalue weighted by Gasteiger charge is 2.13. The first kappa shape index (κ1) is 42.3. The molecule has 2 heteroatoms. The minimum absolute atomic E-state index is 0.887. The molecular formula is C53H52N2. The van der Waals surface area contributed by atoms with Crippen LogP contribution in [0.25, 0.3) is 12.2 Å². The molecule has 55 heavy (non-hydrogen) atoms. The quantitative estimate of drug-likeness (QED) is 0.101. The SMILES string of the molecule is C=C/C=C\C(=C/C)N(/C(C=C)=C/C=C(\C=C)C=Cc1ccc(C=C/C(C=C)=C/C=C(\C=C)N(C(/C=C\C=C)=C/C=C)c2ccccc2)cc1)c1ccccc1. The molecule has 0 radical (unpaired) electrons. The number of nitrogens with zero attached hydrogens (tertiary/aromatic N) is 2. The van der Waals surface area contributed by atoms with Crippen LogP contribution in [-0.4, -0.2) is 0 Å². The number of benzene rings is 3. The summed E-state index contributed by atoms with van der Waals surface area (Å²) in [4.78, 5) is 4.27. The van der Waals surface area contributed by atoms with Crippen LogP contribution < -0.4 is 9.80 Å². The Kier molecular flexibility index (Phi) is 18.6. The van der Waals surface area contributed by atoms with Gasteiger partial charge in [0.05, 0.1) is 0 Å². The molecule has 0 aromatic heterocycles. The minimum Gasteiger partial charge on any atom is -0.311 e. The van der Waals surface area contributed by atoms with Crippen molar-refractivity contribution in [2.45, 2.75) is 6.92 Å². The molecule has 0 spiro atoms. The van der Waals surface area contributed by atoms with E-state index < -0.39 is 0 Å². The lowest BCUT2D eigenvalue weighted by Crippen LogP contribution is -2.19. The van der Waals surface area contributed by atoms with Crippen molar-refractivity contribution >= 4 is 23.5 Å². The maximum absolute atomic E-state index is 4.12. The molecule has 0 saturated carbocycles. The third-order valence-electron chi connectivity index (χ3n) is 8.11. The average molecular weight is 717 g/mol. The van der Waals surface area contributed by atoms with Crippen LogP contribution in [0, 0.1) is 0 Å². The molecule has 0 aliphatic heterocycles. The van der Waals surface area contributed by atoms with Crippen molar-refractivity contribution < 1.29 is 0 Å². The molecule has 0 amide bonds. The van der Waals surface area contributed by atoms with E-state index in [0.717, 1.165) is 56.4 Å². The van der Waals surface area contributed by atoms with Gasteiger partial charge in [-0.3, -0.25) is 0 Å². The smallest absolute Gasteiger partial charge is 0.0461 e. The fourth-order valence-electron chi connectivity index (χ4n) is 5.32. The van der Waals surface area contributed by atoms with Crippen LogP contribution in [0.4, 0.5) is 11.4 Å². The van der Waals surface area contributed by atoms with E-state index in [1.165, 1.54) is 0 Å². The molecule has 0 bridgehead atoms. The lowest BCUT2D eigenvalue weighted by Gasteiger charge is -2.27. The largest absolute Gasteiger partial charge is 0.311 e. The second-order valence-corrected chi connectivity index (χ2v) is 11.7. The van der Waals surface area contributed by atoms with Crippen molar-refractivity contribution in [3.8, 4) is 0 Å². The van der Waals surface area contributed by atoms with Gasteiger partial charge in [0.25, 0.3) is 0 Å². The van der Waals surface area contributed by atoms with Crippen molar-refractivity contribution in [1.82, 2.24) is 0 Å². The van der Waals surface area contributed by atoms with Gasteiger partial charge in [-0.05, 0) is 96.0 Å². The lowest BCUT2D eigenvalue weighted by atomic mass is 10.1. The Morgan fingerprint density at radius 2 is 0.836 bits per heavy atom. The molecule has 0 heterocycles. The highest BCUT2D eigenvalue weighted by atomic mass is 15.2. The normalized spacial score (nSPS) is 13.3. The summed E-state index contributed by atoms with van der Waals surface area (Å²) in [5.74, 6) is 0. The van der Waals surface area contributed by atoms with E-state index in [1.807, 2.05) is 122 Å². The topological polar surface area (TPSA) is 6.48 Å². The van der Waals surface area contributed by atoms with Gasteiger partial charge in [-0.1, -0.05) is 192 Å². The van der Waals surface area contributed by atoms with E-state index >= 15 is 0 Å². The standard InChI is InChI=1S/C53H52N2/c1-9-17-26-48(14-6)54(52-28-21-19-22-29-52)49(15-7)42-40-44(12-4)32-34-46-36-38-47(39-37-46)35-33-45(13-5)41-43-50(16-8)55(53-30-23-20-24-31-53)51(25-11-3)27-18-10-2/h9-43H,1-5,7-8H2,6H3/b26-17-,27-18-,34-32?,35-33?,44-40+,45-41+,48-14+,49-42+,50-43+,51-25+. The molecule has 274 valence electrons. The summed E-state index contributed by atoms with van der Waals surface area (Å²) in [6.45, 7) is 29.9. The summed E-state index contributed by atoms with van der Waals surface area (Å²) in [7, 11) is 0. The van der Waals surface area contributed by atoms with E-state index in [-0.39, 0.29) is 0 Å². The van der Waals surface area contributed by atoms with Crippen molar-refractivity contribution in [3.05, 3.63) is 291 Å². The Hall–Kier alpha value is -7.16. The van der Waals surface area contributed by atoms with Crippen molar-refractivity contribution in [1.29, 1.82) is 0 Å². The summed E-state index contributed by atoms with van der Waals surface area (Å²) >= 11 is 0. The fourth-order valence-corrected chi connectivity index (χ4v) is 5.32. The highest BCUT2D eigenvalue weighted by Crippen LogP contribution is 2.28. The molecule has 0 fully saturated rings. The summed E-state index contributed by atoms with van der Waals surface area (Å²) in [6.07, 6.45) is 40.9. The van der Waals surface area contributed by atoms with Crippen molar-refractivity contribution in [2.24, 2.45) is 0 Å². The second kappa shape index (κ2) is 24.2. The molecule has 3 rings (SSSR count). The first-order valence-corrected chi connectivity index (χ1v) is 18.0. The Bertz CT molecular complexity index is 2100. The summed E-state index contributed by atoms with van der Waals surface area (Å²) in [5, 5.41) is 0. The zero-order valence-corrected chi connectivity index (χ0v) is 32.1. The van der Waals surface area contributed by atoms with Crippen LogP contribution in [0.1, 0.15) is 18.1 Å². The number of allylic oxidation sites excluding steroid dienone is 21. The highest BCUT2D eigenvalue weighted by molar-refractivity contribution is 5.66. The van der Waals surface area contributed by atoms with Crippen molar-refractivity contribution in [2.75, 3.05) is 9.80 Å². The van der Waals surface area contributed by atoms with Gasteiger partial charge >= 0.3 is 0 Å². The van der Waals surface area contributed by atoms with Crippen LogP contribution in [0.15, 0.2) is 280 Å². The fraction of sp³-hybridized carbons (Fsp3) is 0.0189. The van der Waals surface area contributed by atoms with Crippen LogP contribution in [0.5, 0.6) is 0 Å². The third-order valence-corrected chi connectivity index (χ3v) is 8.11. The minimum atomic E-state index is 0.887. The van der Waals surface area contributed by atoms with E-state index in [1.54, 1.807) is 18.2 Å². The molecule has 0 unspecified atom stereocenters. The number of rotatable bonds is 21. The van der Waals surface area contributed by atoms with Gasteiger partial charge in [-0.15, -0.1) is 0 Å². The Balaban J connectivity index is 1.85. The average Bonchev–Trinajstić information content (AvgIpc) is 3.23. The summed E-state index contributed by atoms with van der Waals surface area (Å²) in [6, 6.07) is 28.7. The van der Waals surface area contributed by atoms with E-state index in [4.69, 9.17) is 0 Å². The molecular weight excluding hydrogens is 665 g/mol. The summed E-state index contributed by atoms with van der Waals surface area (Å²) in [5.41, 5.74) is 9.80. The van der Waals surface area contributed by atoms with Crippen LogP contribution in [0.2, 0.25) is 0 Å². The van der Waals surface area contributed by atoms with Crippen LogP contribution >= 0.6 is 0 Å². The Morgan fingerprint density at radius 3 is 1.20 bits per heavy atom. The first-order chi connectivity index (χ1) is 27.0. The molecule has 3 aromatic rings. The molecule has 0 N–H and O–H groups in total. The molecule has 0 saturated heterocycles. The first-order valence-electron chi connectivity index (χ1n) is 18.0. The summed E-state index contributed by atoms with van der Waals surface area (Å²) < 4.78 is 0. The van der Waals surface area contributed by atoms with Gasteiger partial charge in [0.15, 0.2) is 0 Å². The van der Waals surface area contributed by atoms with Crippen molar-refractivity contribution in [3.63, 3.8) is 0 Å². The Morgan fingerprint density at radius 1 is 0.418 bits per heavy atom. The van der Waals surface area contributed by atoms with E-state index in [9.17, 15) is 0 Å². The zero-order chi connectivity index (χ0) is 39.7. The molecule has 2 nitrogen and oxygen atoms in total. The maximum atomic E-state index is 4.12. The zero-order valence-electron chi connectivity index (χ0n) is 32.1. The number of hydrogen-bond acceptors (Lipinski definition) is 2. The monoisotopic (exact) mass is 716 g/mol. The van der Waals surface area contributed by atoms with Gasteiger partial charge in [0.2, 0.25) is 0 Å². The van der Waals surface area contributed by atoms with Gasteiger partial charge in [-0.2, -0.15) is 0 Å². The number of para-hydroxylation sites is 2. The second-order valence-electron chi connectivity index (χ2n) is 11.7. The van der Waals surface area contributed by atoms with Gasteiger partial charge in [0.1, 0.15) is 0 Å². The van der Waals surface area contributed by atoms with Gasteiger partial charge in [0, 0.05) is 34.2 Å². The predicted molar refractivity (Wildman–Crippen MR) is 246 cm³/mol. The molecule has 0 atom stereocenters. The lowest BCUT2D eigenvalue weighted by molar-refractivity contribution is 1.14. The molecule has 0 aliphatic rings. The van der Waals surface area contributed by atoms with E-state index in [2.05, 4.69) is 135 Å². The van der Waals surface area contributed by atoms with Gasteiger partial charge < -0.3 is 9.80 Å². The number of hydrogen-bond donors (Lipinski definition) is 0.